The average Bonchev–Trinajstić information content (AvgIpc) is 3.51. The summed E-state index contributed by atoms with van der Waals surface area (Å²) in [6.07, 6.45) is 5.03. The van der Waals surface area contributed by atoms with E-state index in [1.165, 1.54) is 18.5 Å². The van der Waals surface area contributed by atoms with E-state index in [9.17, 15) is 8.60 Å². The summed E-state index contributed by atoms with van der Waals surface area (Å²) in [6, 6.07) is 8.07. The number of nitrogens with one attached hydrogen (secondary N) is 1. The summed E-state index contributed by atoms with van der Waals surface area (Å²) in [6.45, 7) is 4.19. The minimum atomic E-state index is -2.44. The SMILES string of the molecule is Cc1cc(N=S(C)(=O)C2CCOCC2)cc2ncnc(Nc3ccc(F)cc3O[C@@H]3CO[C@@H]4CCOC43)c12. The van der Waals surface area contributed by atoms with Gasteiger partial charge >= 0.3 is 0 Å². The molecule has 0 amide bonds. The normalized spacial score (nSPS) is 25.2. The number of nitrogens with zero attached hydrogens (tertiary/aromatic N) is 3. The Hall–Kier alpha value is -2.86. The highest BCUT2D eigenvalue weighted by molar-refractivity contribution is 7.93. The van der Waals surface area contributed by atoms with E-state index in [4.69, 9.17) is 18.9 Å². The van der Waals surface area contributed by atoms with Gasteiger partial charge in [-0.2, -0.15) is 4.36 Å². The summed E-state index contributed by atoms with van der Waals surface area (Å²) in [4.78, 5) is 8.92. The van der Waals surface area contributed by atoms with Crippen LogP contribution in [0.2, 0.25) is 0 Å². The second kappa shape index (κ2) is 10.4. The van der Waals surface area contributed by atoms with E-state index in [1.54, 1.807) is 12.3 Å². The quantitative estimate of drug-likeness (QED) is 0.480. The predicted molar refractivity (Wildman–Crippen MR) is 142 cm³/mol. The molecule has 3 aliphatic heterocycles. The Bertz CT molecular complexity index is 1470. The Morgan fingerprint density at radius 2 is 1.95 bits per heavy atom. The highest BCUT2D eigenvalue weighted by Gasteiger charge is 2.43. The fourth-order valence-electron chi connectivity index (χ4n) is 5.44. The molecule has 0 aliphatic carbocycles. The van der Waals surface area contributed by atoms with Gasteiger partial charge in [-0.3, -0.25) is 0 Å². The lowest BCUT2D eigenvalue weighted by Crippen LogP contribution is -2.32. The van der Waals surface area contributed by atoms with Crippen molar-refractivity contribution >= 4 is 37.8 Å². The van der Waals surface area contributed by atoms with Gasteiger partial charge in [-0.05, 0) is 56.0 Å². The summed E-state index contributed by atoms with van der Waals surface area (Å²) in [5, 5.41) is 4.10. The molecule has 9 nitrogen and oxygen atoms in total. The molecule has 2 aromatic carbocycles. The zero-order chi connectivity index (χ0) is 26.3. The summed E-state index contributed by atoms with van der Waals surface area (Å²) >= 11 is 0. The van der Waals surface area contributed by atoms with E-state index in [1.807, 2.05) is 19.1 Å². The number of fused-ring (bicyclic) bond motifs is 2. The Labute approximate surface area is 221 Å². The van der Waals surface area contributed by atoms with Crippen LogP contribution in [-0.2, 0) is 23.9 Å². The van der Waals surface area contributed by atoms with Crippen molar-refractivity contribution in [1.29, 1.82) is 0 Å². The van der Waals surface area contributed by atoms with E-state index in [0.29, 0.717) is 54.9 Å². The first-order valence-corrected chi connectivity index (χ1v) is 14.9. The smallest absolute Gasteiger partial charge is 0.151 e. The van der Waals surface area contributed by atoms with Crippen LogP contribution in [0.3, 0.4) is 0 Å². The molecule has 3 fully saturated rings. The van der Waals surface area contributed by atoms with E-state index in [2.05, 4.69) is 19.6 Å². The maximum absolute atomic E-state index is 14.2. The first kappa shape index (κ1) is 25.4. The zero-order valence-corrected chi connectivity index (χ0v) is 22.2. The molecular weight excluding hydrogens is 511 g/mol. The van der Waals surface area contributed by atoms with Gasteiger partial charge in [0.25, 0.3) is 0 Å². The predicted octanol–water partition coefficient (Wildman–Crippen LogP) is 4.66. The monoisotopic (exact) mass is 542 g/mol. The van der Waals surface area contributed by atoms with Gasteiger partial charge < -0.3 is 24.3 Å². The van der Waals surface area contributed by atoms with Gasteiger partial charge in [0.2, 0.25) is 0 Å². The third-order valence-electron chi connectivity index (χ3n) is 7.39. The number of halogens is 1. The number of benzene rings is 2. The molecule has 11 heteroatoms. The van der Waals surface area contributed by atoms with Gasteiger partial charge in [0.05, 0.1) is 39.3 Å². The minimum Gasteiger partial charge on any atom is -0.483 e. The number of aryl methyl sites for hydroxylation is 1. The minimum absolute atomic E-state index is 0.00181. The van der Waals surface area contributed by atoms with E-state index >= 15 is 0 Å². The van der Waals surface area contributed by atoms with Crippen molar-refractivity contribution in [2.75, 3.05) is 38.0 Å². The van der Waals surface area contributed by atoms with Crippen LogP contribution in [0.5, 0.6) is 5.75 Å². The molecule has 0 spiro atoms. The third kappa shape index (κ3) is 5.07. The molecule has 3 aliphatic rings. The summed E-state index contributed by atoms with van der Waals surface area (Å²) in [7, 11) is -2.44. The molecule has 202 valence electrons. The average molecular weight is 543 g/mol. The van der Waals surface area contributed by atoms with E-state index in [0.717, 1.165) is 30.2 Å². The molecule has 4 heterocycles. The Balaban J connectivity index is 1.31. The summed E-state index contributed by atoms with van der Waals surface area (Å²) in [5.41, 5.74) is 2.73. The van der Waals surface area contributed by atoms with Gasteiger partial charge in [-0.25, -0.2) is 18.6 Å². The van der Waals surface area contributed by atoms with Crippen LogP contribution in [0.15, 0.2) is 41.0 Å². The van der Waals surface area contributed by atoms with Crippen molar-refractivity contribution < 1.29 is 27.5 Å². The second-order valence-electron chi connectivity index (χ2n) is 10.1. The number of hydrogen-bond acceptors (Lipinski definition) is 9. The van der Waals surface area contributed by atoms with E-state index < -0.39 is 15.5 Å². The van der Waals surface area contributed by atoms with Crippen molar-refractivity contribution in [2.24, 2.45) is 4.36 Å². The fraction of sp³-hybridized carbons (Fsp3) is 0.481. The van der Waals surface area contributed by atoms with Crippen molar-refractivity contribution in [3.63, 3.8) is 0 Å². The number of rotatable bonds is 6. The molecule has 38 heavy (non-hydrogen) atoms. The van der Waals surface area contributed by atoms with Crippen LogP contribution in [0.4, 0.5) is 21.6 Å². The molecule has 6 rings (SSSR count). The van der Waals surface area contributed by atoms with E-state index in [-0.39, 0.29) is 23.6 Å². The van der Waals surface area contributed by atoms with Crippen LogP contribution in [0, 0.1) is 12.7 Å². The molecule has 3 aromatic rings. The number of anilines is 2. The van der Waals surface area contributed by atoms with Crippen molar-refractivity contribution in [3.05, 3.63) is 48.0 Å². The van der Waals surface area contributed by atoms with Gasteiger partial charge in [0, 0.05) is 42.8 Å². The summed E-state index contributed by atoms with van der Waals surface area (Å²) in [5.74, 6) is 0.499. The molecule has 3 saturated heterocycles. The molecule has 2 unspecified atom stereocenters. The lowest BCUT2D eigenvalue weighted by molar-refractivity contribution is 0.0310. The van der Waals surface area contributed by atoms with Crippen LogP contribution in [-0.4, -0.2) is 70.4 Å². The standard InChI is InChI=1S/C27H31FN4O5S/c1-16-11-18(32-38(2,33)19-5-8-34-9-6-19)13-21-25(16)27(30-15-29-21)31-20-4-3-17(28)12-23(20)37-24-14-36-22-7-10-35-26(22)24/h3-4,11-13,15,19,22,24,26H,5-10,14H2,1-2H3,(H,29,30,31)/t22-,24-,26?,38?/m1/s1. The Morgan fingerprint density at radius 1 is 1.11 bits per heavy atom. The Kier molecular flexibility index (Phi) is 6.93. The highest BCUT2D eigenvalue weighted by Crippen LogP contribution is 2.36. The van der Waals surface area contributed by atoms with Crippen LogP contribution >= 0.6 is 0 Å². The third-order valence-corrected chi connectivity index (χ3v) is 9.67. The number of hydrogen-bond donors (Lipinski definition) is 1. The van der Waals surface area contributed by atoms with Crippen molar-refractivity contribution in [3.8, 4) is 5.75 Å². The number of ether oxygens (including phenoxy) is 4. The molecule has 0 saturated carbocycles. The lowest BCUT2D eigenvalue weighted by atomic mass is 10.1. The molecule has 0 radical (unpaired) electrons. The molecule has 4 atom stereocenters. The second-order valence-corrected chi connectivity index (χ2v) is 12.6. The zero-order valence-electron chi connectivity index (χ0n) is 21.4. The van der Waals surface area contributed by atoms with Gasteiger partial charge in [0.15, 0.2) is 6.10 Å². The molecule has 0 bridgehead atoms. The van der Waals surface area contributed by atoms with Crippen molar-refractivity contribution in [1.82, 2.24) is 9.97 Å². The molecular formula is C27H31FN4O5S. The van der Waals surface area contributed by atoms with Gasteiger partial charge in [-0.1, -0.05) is 0 Å². The van der Waals surface area contributed by atoms with Crippen LogP contribution in [0.25, 0.3) is 10.9 Å². The Morgan fingerprint density at radius 3 is 2.79 bits per heavy atom. The first-order valence-electron chi connectivity index (χ1n) is 12.9. The van der Waals surface area contributed by atoms with Crippen LogP contribution < -0.4 is 10.1 Å². The first-order chi connectivity index (χ1) is 18.4. The van der Waals surface area contributed by atoms with Crippen molar-refractivity contribution in [2.45, 2.75) is 49.7 Å². The lowest BCUT2D eigenvalue weighted by Gasteiger charge is -2.23. The largest absolute Gasteiger partial charge is 0.483 e. The topological polar surface area (TPSA) is 104 Å². The van der Waals surface area contributed by atoms with Gasteiger partial charge in [-0.15, -0.1) is 0 Å². The maximum atomic E-state index is 14.2. The number of aromatic nitrogens is 2. The highest BCUT2D eigenvalue weighted by atomic mass is 32.2. The summed E-state index contributed by atoms with van der Waals surface area (Å²) < 4.78 is 55.5. The van der Waals surface area contributed by atoms with Gasteiger partial charge in [0.1, 0.15) is 29.8 Å². The van der Waals surface area contributed by atoms with Crippen LogP contribution in [0.1, 0.15) is 24.8 Å². The fourth-order valence-corrected chi connectivity index (χ4v) is 7.18. The molecule has 1 aromatic heterocycles. The maximum Gasteiger partial charge on any atom is 0.151 e. The molecule has 1 N–H and O–H groups in total.